The number of Topliss-reactive ketones (excluding diaryl/α,β-unsaturated/α-hetero) is 1. The number of halogens is 3. The van der Waals surface area contributed by atoms with Crippen molar-refractivity contribution >= 4 is 17.4 Å². The molecular formula is C17H17F3N2O5. The summed E-state index contributed by atoms with van der Waals surface area (Å²) in [4.78, 5) is 34.3. The number of hydrogen-bond acceptors (Lipinski definition) is 6. The summed E-state index contributed by atoms with van der Waals surface area (Å²) in [6.45, 7) is 0.826. The number of hydrogen-bond donors (Lipinski definition) is 1. The summed E-state index contributed by atoms with van der Waals surface area (Å²) >= 11 is 0. The van der Waals surface area contributed by atoms with Crippen LogP contribution in [0, 0.1) is 34.5 Å². The molecule has 1 fully saturated rings. The SMILES string of the molecule is COC(=O)C(=CNC1CCCC1)C(=O)c1c(F)c(C)c(F)c(F)c1[N+](=O)[O-]. The number of carbonyl (C=O) groups excluding carboxylic acids is 2. The molecule has 1 aromatic carbocycles. The van der Waals surface area contributed by atoms with E-state index in [0.717, 1.165) is 45.9 Å². The maximum Gasteiger partial charge on any atom is 0.343 e. The number of nitro benzene ring substituents is 1. The maximum atomic E-state index is 14.5. The van der Waals surface area contributed by atoms with Crippen molar-refractivity contribution in [1.82, 2.24) is 5.32 Å². The number of nitrogens with zero attached hydrogens (tertiary/aromatic N) is 1. The van der Waals surface area contributed by atoms with Crippen molar-refractivity contribution < 1.29 is 32.4 Å². The standard InChI is InChI=1S/C17H17F3N2O5/c1-8-12(18)11(15(22(25)26)14(20)13(8)19)16(23)10(17(24)27-2)7-21-9-5-3-4-6-9/h7,9,21H,3-6H2,1-2H3. The number of esters is 1. The molecule has 0 spiro atoms. The normalized spacial score (nSPS) is 14.9. The first kappa shape index (κ1) is 20.4. The van der Waals surface area contributed by atoms with Crippen LogP contribution in [0.5, 0.6) is 0 Å². The highest BCUT2D eigenvalue weighted by molar-refractivity contribution is 6.25. The van der Waals surface area contributed by atoms with Crippen LogP contribution >= 0.6 is 0 Å². The van der Waals surface area contributed by atoms with E-state index in [0.29, 0.717) is 0 Å². The first-order valence-electron chi connectivity index (χ1n) is 8.11. The number of nitro groups is 1. The van der Waals surface area contributed by atoms with E-state index in [9.17, 15) is 32.9 Å². The van der Waals surface area contributed by atoms with E-state index in [2.05, 4.69) is 10.1 Å². The molecule has 0 aliphatic heterocycles. The largest absolute Gasteiger partial charge is 0.465 e. The molecule has 10 heteroatoms. The molecule has 0 heterocycles. The molecule has 146 valence electrons. The predicted octanol–water partition coefficient (Wildman–Crippen LogP) is 3.09. The highest BCUT2D eigenvalue weighted by Crippen LogP contribution is 2.32. The van der Waals surface area contributed by atoms with Gasteiger partial charge in [0.05, 0.1) is 12.0 Å². The molecule has 1 N–H and O–H groups in total. The van der Waals surface area contributed by atoms with Crippen molar-refractivity contribution in [3.8, 4) is 0 Å². The monoisotopic (exact) mass is 386 g/mol. The number of ketones is 1. The van der Waals surface area contributed by atoms with Crippen LogP contribution in [0.4, 0.5) is 18.9 Å². The zero-order valence-corrected chi connectivity index (χ0v) is 14.6. The lowest BCUT2D eigenvalue weighted by Gasteiger charge is -2.12. The number of nitrogens with one attached hydrogen (secondary N) is 1. The Kier molecular flexibility index (Phi) is 6.19. The third-order valence-corrected chi connectivity index (χ3v) is 4.39. The van der Waals surface area contributed by atoms with Gasteiger partial charge in [0, 0.05) is 17.8 Å². The molecule has 7 nitrogen and oxygen atoms in total. The van der Waals surface area contributed by atoms with Crippen LogP contribution in [-0.4, -0.2) is 29.8 Å². The number of methoxy groups -OCH3 is 1. The van der Waals surface area contributed by atoms with Crippen LogP contribution in [0.2, 0.25) is 0 Å². The number of rotatable bonds is 6. The van der Waals surface area contributed by atoms with Crippen LogP contribution in [0.1, 0.15) is 41.6 Å². The van der Waals surface area contributed by atoms with Gasteiger partial charge in [0.1, 0.15) is 17.0 Å². The molecule has 1 saturated carbocycles. The van der Waals surface area contributed by atoms with Gasteiger partial charge in [-0.2, -0.15) is 4.39 Å². The quantitative estimate of drug-likeness (QED) is 0.118. The average Bonchev–Trinajstić information content (AvgIpc) is 3.15. The van der Waals surface area contributed by atoms with Gasteiger partial charge in [-0.05, 0) is 19.8 Å². The van der Waals surface area contributed by atoms with Gasteiger partial charge in [-0.15, -0.1) is 0 Å². The Morgan fingerprint density at radius 2 is 1.78 bits per heavy atom. The van der Waals surface area contributed by atoms with E-state index >= 15 is 0 Å². The molecular weight excluding hydrogens is 369 g/mol. The lowest BCUT2D eigenvalue weighted by molar-refractivity contribution is -0.388. The summed E-state index contributed by atoms with van der Waals surface area (Å²) in [6, 6.07) is -0.0380. The van der Waals surface area contributed by atoms with E-state index in [1.807, 2.05) is 0 Å². The van der Waals surface area contributed by atoms with Crippen molar-refractivity contribution in [3.05, 3.63) is 50.5 Å². The Morgan fingerprint density at radius 3 is 2.30 bits per heavy atom. The van der Waals surface area contributed by atoms with E-state index in [-0.39, 0.29) is 6.04 Å². The van der Waals surface area contributed by atoms with E-state index in [1.54, 1.807) is 0 Å². The summed E-state index contributed by atoms with van der Waals surface area (Å²) in [5.74, 6) is -8.03. The van der Waals surface area contributed by atoms with Gasteiger partial charge in [-0.1, -0.05) is 12.8 Å². The Labute approximate surface area is 152 Å². The van der Waals surface area contributed by atoms with Crippen molar-refractivity contribution in [3.63, 3.8) is 0 Å². The number of ether oxygens (including phenoxy) is 1. The van der Waals surface area contributed by atoms with E-state index in [1.165, 1.54) is 0 Å². The minimum Gasteiger partial charge on any atom is -0.465 e. The van der Waals surface area contributed by atoms with E-state index in [4.69, 9.17) is 0 Å². The summed E-state index contributed by atoms with van der Waals surface area (Å²) in [7, 11) is 0.959. The molecule has 0 saturated heterocycles. The van der Waals surface area contributed by atoms with Crippen molar-refractivity contribution in [2.75, 3.05) is 7.11 Å². The smallest absolute Gasteiger partial charge is 0.343 e. The molecule has 1 aliphatic rings. The molecule has 0 aromatic heterocycles. The summed E-state index contributed by atoms with van der Waals surface area (Å²) < 4.78 is 46.6. The number of carbonyl (C=O) groups is 2. The second-order valence-corrected chi connectivity index (χ2v) is 6.07. The fourth-order valence-electron chi connectivity index (χ4n) is 2.90. The van der Waals surface area contributed by atoms with Crippen LogP contribution in [-0.2, 0) is 9.53 Å². The predicted molar refractivity (Wildman–Crippen MR) is 87.5 cm³/mol. The lowest BCUT2D eigenvalue weighted by Crippen LogP contribution is -2.25. The Balaban J connectivity index is 2.59. The van der Waals surface area contributed by atoms with Crippen molar-refractivity contribution in [1.29, 1.82) is 0 Å². The Morgan fingerprint density at radius 1 is 1.19 bits per heavy atom. The van der Waals surface area contributed by atoms with Gasteiger partial charge in [-0.3, -0.25) is 14.9 Å². The van der Waals surface area contributed by atoms with Gasteiger partial charge in [0.15, 0.2) is 5.82 Å². The third-order valence-electron chi connectivity index (χ3n) is 4.39. The van der Waals surface area contributed by atoms with Crippen LogP contribution in [0.25, 0.3) is 0 Å². The highest BCUT2D eigenvalue weighted by Gasteiger charge is 2.37. The summed E-state index contributed by atoms with van der Waals surface area (Å²) in [6.07, 6.45) is 4.41. The zero-order valence-electron chi connectivity index (χ0n) is 14.6. The van der Waals surface area contributed by atoms with Crippen LogP contribution < -0.4 is 5.32 Å². The minimum absolute atomic E-state index is 0.0380. The Bertz CT molecular complexity index is 833. The molecule has 0 atom stereocenters. The first-order chi connectivity index (χ1) is 12.7. The third kappa shape index (κ3) is 3.93. The van der Waals surface area contributed by atoms with Gasteiger partial charge < -0.3 is 10.1 Å². The van der Waals surface area contributed by atoms with E-state index < -0.39 is 56.5 Å². The first-order valence-corrected chi connectivity index (χ1v) is 8.11. The maximum absolute atomic E-state index is 14.5. The molecule has 1 aromatic rings. The van der Waals surface area contributed by atoms with Crippen molar-refractivity contribution in [2.24, 2.45) is 0 Å². The van der Waals surface area contributed by atoms with Crippen LogP contribution in [0.15, 0.2) is 11.8 Å². The van der Waals surface area contributed by atoms with Crippen LogP contribution in [0.3, 0.4) is 0 Å². The summed E-state index contributed by atoms with van der Waals surface area (Å²) in [5, 5.41) is 13.9. The van der Waals surface area contributed by atoms with Gasteiger partial charge in [0.2, 0.25) is 11.6 Å². The fourth-order valence-corrected chi connectivity index (χ4v) is 2.90. The van der Waals surface area contributed by atoms with Gasteiger partial charge in [0.25, 0.3) is 0 Å². The van der Waals surface area contributed by atoms with Gasteiger partial charge in [-0.25, -0.2) is 13.6 Å². The number of benzene rings is 1. The molecule has 27 heavy (non-hydrogen) atoms. The second kappa shape index (κ2) is 8.19. The molecule has 1 aliphatic carbocycles. The lowest BCUT2D eigenvalue weighted by atomic mass is 9.98. The molecule has 0 bridgehead atoms. The molecule has 2 rings (SSSR count). The topological polar surface area (TPSA) is 98.5 Å². The van der Waals surface area contributed by atoms with Gasteiger partial charge >= 0.3 is 11.7 Å². The molecule has 0 unspecified atom stereocenters. The summed E-state index contributed by atoms with van der Waals surface area (Å²) in [5.41, 5.74) is -4.66. The molecule has 0 amide bonds. The zero-order chi connectivity index (χ0) is 20.3. The average molecular weight is 386 g/mol. The second-order valence-electron chi connectivity index (χ2n) is 6.07. The molecule has 0 radical (unpaired) electrons. The minimum atomic E-state index is -1.98. The fraction of sp³-hybridized carbons (Fsp3) is 0.412. The van der Waals surface area contributed by atoms with Crippen molar-refractivity contribution in [2.45, 2.75) is 38.6 Å². The Hall–Kier alpha value is -2.91. The highest BCUT2D eigenvalue weighted by atomic mass is 19.2.